The van der Waals surface area contributed by atoms with E-state index >= 15 is 0 Å². The molecule has 0 saturated heterocycles. The van der Waals surface area contributed by atoms with Crippen molar-refractivity contribution < 1.29 is 14.3 Å². The number of amides is 1. The van der Waals surface area contributed by atoms with E-state index in [-0.39, 0.29) is 12.5 Å². The number of fused-ring (bicyclic) bond motifs is 1. The molecule has 0 unspecified atom stereocenters. The molecule has 4 heteroatoms. The minimum absolute atomic E-state index is 0.174. The summed E-state index contributed by atoms with van der Waals surface area (Å²) in [4.78, 5) is 13.4. The topological polar surface area (TPSA) is 53.7 Å². The van der Waals surface area contributed by atoms with E-state index in [1.54, 1.807) is 27.0 Å². The van der Waals surface area contributed by atoms with Gasteiger partial charge in [-0.25, -0.2) is 0 Å². The number of hydrogen-bond acceptors (Lipinski definition) is 3. The van der Waals surface area contributed by atoms with Crippen LogP contribution in [0.4, 0.5) is 0 Å². The predicted molar refractivity (Wildman–Crippen MR) is 79.2 cm³/mol. The van der Waals surface area contributed by atoms with Crippen LogP contribution in [0.5, 0.6) is 0 Å². The second kappa shape index (κ2) is 5.51. The standard InChI is InChI=1S/C16H19NO3/c1-16(2,19)11-17(3)15(18)9-8-13-10-12-6-4-5-7-14(12)20-13/h4-10,19H,11H2,1-3H3/b9-8+. The Kier molecular flexibility index (Phi) is 3.95. The summed E-state index contributed by atoms with van der Waals surface area (Å²) in [5.41, 5.74) is -0.109. The maximum absolute atomic E-state index is 11.9. The number of furan rings is 1. The summed E-state index contributed by atoms with van der Waals surface area (Å²) in [5, 5.41) is 10.7. The van der Waals surface area contributed by atoms with Gasteiger partial charge in [-0.05, 0) is 32.1 Å². The van der Waals surface area contributed by atoms with Crippen LogP contribution in [0.3, 0.4) is 0 Å². The maximum atomic E-state index is 11.9. The second-order valence-electron chi connectivity index (χ2n) is 5.53. The normalized spacial score (nSPS) is 12.2. The van der Waals surface area contributed by atoms with E-state index in [1.807, 2.05) is 30.3 Å². The molecule has 1 amide bonds. The average molecular weight is 273 g/mol. The number of likely N-dealkylation sites (N-methyl/N-ethyl adjacent to an activating group) is 1. The van der Waals surface area contributed by atoms with Gasteiger partial charge in [-0.2, -0.15) is 0 Å². The van der Waals surface area contributed by atoms with Crippen molar-refractivity contribution in [3.63, 3.8) is 0 Å². The van der Waals surface area contributed by atoms with Crippen LogP contribution in [-0.4, -0.2) is 35.1 Å². The van der Waals surface area contributed by atoms with Gasteiger partial charge in [-0.15, -0.1) is 0 Å². The van der Waals surface area contributed by atoms with Crippen molar-refractivity contribution in [2.45, 2.75) is 19.4 Å². The fourth-order valence-electron chi connectivity index (χ4n) is 2.02. The molecule has 1 heterocycles. The molecule has 4 nitrogen and oxygen atoms in total. The molecule has 1 aromatic heterocycles. The third kappa shape index (κ3) is 3.71. The highest BCUT2D eigenvalue weighted by Crippen LogP contribution is 2.19. The summed E-state index contributed by atoms with van der Waals surface area (Å²) in [6.07, 6.45) is 3.09. The lowest BCUT2D eigenvalue weighted by Gasteiger charge is -2.24. The Morgan fingerprint density at radius 1 is 1.40 bits per heavy atom. The van der Waals surface area contributed by atoms with Gasteiger partial charge < -0.3 is 14.4 Å². The van der Waals surface area contributed by atoms with Crippen LogP contribution in [0.1, 0.15) is 19.6 Å². The Morgan fingerprint density at radius 2 is 2.10 bits per heavy atom. The zero-order valence-corrected chi connectivity index (χ0v) is 12.0. The zero-order chi connectivity index (χ0) is 14.8. The van der Waals surface area contributed by atoms with Crippen molar-refractivity contribution in [1.29, 1.82) is 0 Å². The number of nitrogens with zero attached hydrogens (tertiary/aromatic N) is 1. The Labute approximate surface area is 118 Å². The van der Waals surface area contributed by atoms with E-state index in [4.69, 9.17) is 4.42 Å². The molecule has 0 radical (unpaired) electrons. The van der Waals surface area contributed by atoms with Crippen LogP contribution in [0.2, 0.25) is 0 Å². The highest BCUT2D eigenvalue weighted by atomic mass is 16.3. The van der Waals surface area contributed by atoms with Crippen molar-refractivity contribution in [2.24, 2.45) is 0 Å². The molecule has 0 bridgehead atoms. The molecule has 106 valence electrons. The number of rotatable bonds is 4. The molecule has 20 heavy (non-hydrogen) atoms. The summed E-state index contributed by atoms with van der Waals surface area (Å²) in [6, 6.07) is 9.57. The van der Waals surface area contributed by atoms with Crippen LogP contribution in [0.25, 0.3) is 17.0 Å². The van der Waals surface area contributed by atoms with E-state index in [2.05, 4.69) is 0 Å². The lowest BCUT2D eigenvalue weighted by atomic mass is 10.1. The second-order valence-corrected chi connectivity index (χ2v) is 5.53. The number of carbonyl (C=O) groups is 1. The number of para-hydroxylation sites is 1. The molecule has 1 aromatic carbocycles. The third-order valence-electron chi connectivity index (χ3n) is 2.84. The smallest absolute Gasteiger partial charge is 0.246 e. The summed E-state index contributed by atoms with van der Waals surface area (Å²) in [6.45, 7) is 3.61. The van der Waals surface area contributed by atoms with Gasteiger partial charge in [0, 0.05) is 25.1 Å². The Balaban J connectivity index is 2.06. The lowest BCUT2D eigenvalue weighted by Crippen LogP contribution is -2.38. The zero-order valence-electron chi connectivity index (χ0n) is 12.0. The SMILES string of the molecule is CN(CC(C)(C)O)C(=O)/C=C/c1cc2ccccc2o1. The first-order valence-corrected chi connectivity index (χ1v) is 6.49. The number of carbonyl (C=O) groups excluding carboxylic acids is 1. The highest BCUT2D eigenvalue weighted by Gasteiger charge is 2.17. The first-order valence-electron chi connectivity index (χ1n) is 6.49. The van der Waals surface area contributed by atoms with Gasteiger partial charge in [-0.3, -0.25) is 4.79 Å². The van der Waals surface area contributed by atoms with Gasteiger partial charge in [0.1, 0.15) is 11.3 Å². The molecule has 2 rings (SSSR count). The number of aliphatic hydroxyl groups is 1. The lowest BCUT2D eigenvalue weighted by molar-refractivity contribution is -0.127. The Morgan fingerprint density at radius 3 is 2.75 bits per heavy atom. The van der Waals surface area contributed by atoms with E-state index in [0.717, 1.165) is 11.0 Å². The molecular formula is C16H19NO3. The van der Waals surface area contributed by atoms with Gasteiger partial charge in [0.25, 0.3) is 0 Å². The van der Waals surface area contributed by atoms with Gasteiger partial charge in [0.2, 0.25) is 5.91 Å². The quantitative estimate of drug-likeness (QED) is 0.871. The first kappa shape index (κ1) is 14.3. The largest absolute Gasteiger partial charge is 0.457 e. The summed E-state index contributed by atoms with van der Waals surface area (Å²) < 4.78 is 5.59. The van der Waals surface area contributed by atoms with E-state index < -0.39 is 5.60 Å². The predicted octanol–water partition coefficient (Wildman–Crippen LogP) is 2.68. The van der Waals surface area contributed by atoms with E-state index in [9.17, 15) is 9.90 Å². The molecule has 1 N–H and O–H groups in total. The summed E-state index contributed by atoms with van der Waals surface area (Å²) in [5.74, 6) is 0.462. The average Bonchev–Trinajstić information content (AvgIpc) is 2.76. The first-order chi connectivity index (χ1) is 9.35. The summed E-state index contributed by atoms with van der Waals surface area (Å²) in [7, 11) is 1.66. The van der Waals surface area contributed by atoms with Gasteiger partial charge in [0.05, 0.1) is 5.60 Å². The Hall–Kier alpha value is -2.07. The third-order valence-corrected chi connectivity index (χ3v) is 2.84. The van der Waals surface area contributed by atoms with Gasteiger partial charge in [-0.1, -0.05) is 18.2 Å². The fraction of sp³-hybridized carbons (Fsp3) is 0.312. The monoisotopic (exact) mass is 273 g/mol. The molecule has 0 aliphatic rings. The van der Waals surface area contributed by atoms with E-state index in [0.29, 0.717) is 5.76 Å². The number of hydrogen-bond donors (Lipinski definition) is 1. The van der Waals surface area contributed by atoms with Crippen molar-refractivity contribution in [3.05, 3.63) is 42.2 Å². The molecule has 0 aliphatic heterocycles. The molecule has 0 atom stereocenters. The maximum Gasteiger partial charge on any atom is 0.246 e. The van der Waals surface area contributed by atoms with Crippen LogP contribution >= 0.6 is 0 Å². The minimum Gasteiger partial charge on any atom is -0.457 e. The van der Waals surface area contributed by atoms with Crippen LogP contribution in [0, 0.1) is 0 Å². The summed E-state index contributed by atoms with van der Waals surface area (Å²) >= 11 is 0. The highest BCUT2D eigenvalue weighted by molar-refractivity contribution is 5.92. The minimum atomic E-state index is -0.905. The Bertz CT molecular complexity index is 601. The fourth-order valence-corrected chi connectivity index (χ4v) is 2.02. The number of benzene rings is 1. The van der Waals surface area contributed by atoms with Crippen molar-refractivity contribution in [3.8, 4) is 0 Å². The van der Waals surface area contributed by atoms with Crippen molar-refractivity contribution >= 4 is 23.0 Å². The molecule has 2 aromatic rings. The molecule has 0 aliphatic carbocycles. The van der Waals surface area contributed by atoms with E-state index in [1.165, 1.54) is 11.0 Å². The molecular weight excluding hydrogens is 254 g/mol. The molecule has 0 spiro atoms. The van der Waals surface area contributed by atoms with Gasteiger partial charge in [0.15, 0.2) is 0 Å². The molecule has 0 fully saturated rings. The molecule has 0 saturated carbocycles. The van der Waals surface area contributed by atoms with Crippen LogP contribution in [-0.2, 0) is 4.79 Å². The van der Waals surface area contributed by atoms with Crippen LogP contribution in [0.15, 0.2) is 40.8 Å². The van der Waals surface area contributed by atoms with Crippen LogP contribution < -0.4 is 0 Å². The van der Waals surface area contributed by atoms with Gasteiger partial charge >= 0.3 is 0 Å². The van der Waals surface area contributed by atoms with Crippen molar-refractivity contribution in [2.75, 3.05) is 13.6 Å². The van der Waals surface area contributed by atoms with Crippen molar-refractivity contribution in [1.82, 2.24) is 4.90 Å².